The molecular weight excluding hydrogens is 270 g/mol. The minimum Gasteiger partial charge on any atom is -0.365 e. The first-order valence-electron chi connectivity index (χ1n) is 4.94. The van der Waals surface area contributed by atoms with Crippen LogP contribution in [0.2, 0.25) is 0 Å². The lowest BCUT2D eigenvalue weighted by Gasteiger charge is -1.97. The molecule has 0 atom stereocenters. The van der Waals surface area contributed by atoms with Gasteiger partial charge in [0.05, 0.1) is 16.0 Å². The maximum atomic E-state index is 11.9. The van der Waals surface area contributed by atoms with Crippen molar-refractivity contribution < 1.29 is 4.79 Å². The Bertz CT molecular complexity index is 724. The van der Waals surface area contributed by atoms with Crippen LogP contribution in [0.3, 0.4) is 0 Å². The number of thiophene rings is 1. The second-order valence-electron chi connectivity index (χ2n) is 3.46. The normalized spacial score (nSPS) is 10.4. The predicted molar refractivity (Wildman–Crippen MR) is 73.1 cm³/mol. The number of primary amides is 1. The van der Waals surface area contributed by atoms with Crippen LogP contribution in [0.15, 0.2) is 9.95 Å². The number of aromatic nitrogens is 2. The molecule has 2 aromatic rings. The minimum absolute atomic E-state index is 0.277. The molecule has 0 aliphatic heterocycles. The summed E-state index contributed by atoms with van der Waals surface area (Å²) in [6, 6.07) is 0. The summed E-state index contributed by atoms with van der Waals surface area (Å²) >= 11 is 2.38. The van der Waals surface area contributed by atoms with E-state index in [2.05, 4.69) is 15.9 Å². The first kappa shape index (κ1) is 12.7. The van der Waals surface area contributed by atoms with E-state index in [4.69, 9.17) is 12.2 Å². The second-order valence-corrected chi connectivity index (χ2v) is 5.43. The van der Waals surface area contributed by atoms with E-state index in [1.807, 2.05) is 0 Å². The lowest BCUT2D eigenvalue weighted by atomic mass is 10.2. The van der Waals surface area contributed by atoms with Gasteiger partial charge in [-0.15, -0.1) is 17.8 Å². The molecule has 0 spiro atoms. The largest absolute Gasteiger partial charge is 0.365 e. The van der Waals surface area contributed by atoms with Crippen LogP contribution in [0.25, 0.3) is 10.2 Å². The Labute approximate surface area is 111 Å². The van der Waals surface area contributed by atoms with Crippen molar-refractivity contribution >= 4 is 39.2 Å². The third-order valence-corrected chi connectivity index (χ3v) is 4.27. The lowest BCUT2D eigenvalue weighted by molar-refractivity contribution is 0.100. The number of terminal acetylenes is 1. The van der Waals surface area contributed by atoms with Crippen LogP contribution >= 0.6 is 23.1 Å². The van der Waals surface area contributed by atoms with Crippen molar-refractivity contribution in [2.24, 2.45) is 5.73 Å². The fourth-order valence-corrected chi connectivity index (χ4v) is 3.17. The molecule has 0 aromatic carbocycles. The molecule has 3 N–H and O–H groups in total. The van der Waals surface area contributed by atoms with E-state index in [0.717, 1.165) is 11.3 Å². The monoisotopic (exact) mass is 279 g/mol. The second kappa shape index (κ2) is 4.84. The summed E-state index contributed by atoms with van der Waals surface area (Å²) < 4.78 is 0. The van der Waals surface area contributed by atoms with Crippen LogP contribution in [0, 0.1) is 19.3 Å². The van der Waals surface area contributed by atoms with Gasteiger partial charge >= 0.3 is 0 Å². The van der Waals surface area contributed by atoms with E-state index < -0.39 is 5.91 Å². The Morgan fingerprint density at radius 3 is 3.00 bits per heavy atom. The topological polar surface area (TPSA) is 88.8 Å². The third kappa shape index (κ3) is 2.12. The number of amides is 1. The van der Waals surface area contributed by atoms with Crippen molar-refractivity contribution in [1.82, 2.24) is 9.97 Å². The molecule has 0 unspecified atom stereocenters. The fraction of sp³-hybridized carbons (Fsp3) is 0.182. The maximum Gasteiger partial charge on any atom is 0.260 e. The summed E-state index contributed by atoms with van der Waals surface area (Å²) in [6.07, 6.45) is 5.15. The Kier molecular flexibility index (Phi) is 3.41. The molecule has 0 fully saturated rings. The molecule has 0 saturated carbocycles. The average Bonchev–Trinajstić information content (AvgIpc) is 2.64. The zero-order valence-corrected chi connectivity index (χ0v) is 11.1. The fourth-order valence-electron chi connectivity index (χ4n) is 1.54. The van der Waals surface area contributed by atoms with Crippen LogP contribution in [-0.2, 0) is 0 Å². The third-order valence-electron chi connectivity index (χ3n) is 2.29. The van der Waals surface area contributed by atoms with E-state index in [-0.39, 0.29) is 5.56 Å². The highest BCUT2D eigenvalue weighted by Gasteiger charge is 2.17. The number of carbonyl (C=O) groups is 1. The number of H-pyrrole nitrogens is 1. The number of fused-ring (bicyclic) bond motifs is 1. The van der Waals surface area contributed by atoms with Crippen molar-refractivity contribution in [2.45, 2.75) is 12.1 Å². The highest BCUT2D eigenvalue weighted by atomic mass is 32.2. The van der Waals surface area contributed by atoms with Gasteiger partial charge in [-0.1, -0.05) is 17.7 Å². The standard InChI is InChI=1S/C11H9N3O2S2/c1-3-4-17-11-13-9(16)6-5(2)7(8(12)15)18-10(6)14-11/h1H,4H2,2H3,(H2,12,15)(H,13,14,16). The smallest absolute Gasteiger partial charge is 0.260 e. The summed E-state index contributed by atoms with van der Waals surface area (Å²) in [6.45, 7) is 1.68. The molecule has 0 bridgehead atoms. The van der Waals surface area contributed by atoms with Gasteiger partial charge in [0, 0.05) is 0 Å². The average molecular weight is 279 g/mol. The van der Waals surface area contributed by atoms with E-state index in [1.165, 1.54) is 11.8 Å². The minimum atomic E-state index is -0.548. The molecule has 5 nitrogen and oxygen atoms in total. The summed E-state index contributed by atoms with van der Waals surface area (Å²) in [5.41, 5.74) is 5.54. The van der Waals surface area contributed by atoms with Gasteiger partial charge in [-0.3, -0.25) is 9.59 Å². The number of thioether (sulfide) groups is 1. The number of nitrogens with one attached hydrogen (secondary N) is 1. The molecule has 92 valence electrons. The quantitative estimate of drug-likeness (QED) is 0.500. The maximum absolute atomic E-state index is 11.9. The molecule has 1 amide bonds. The van der Waals surface area contributed by atoms with Crippen molar-refractivity contribution in [3.8, 4) is 12.3 Å². The van der Waals surface area contributed by atoms with E-state index in [1.54, 1.807) is 6.92 Å². The van der Waals surface area contributed by atoms with Gasteiger partial charge in [-0.05, 0) is 12.5 Å². The Balaban J connectivity index is 2.64. The molecule has 0 aliphatic carbocycles. The first-order chi connectivity index (χ1) is 8.54. The van der Waals surface area contributed by atoms with Gasteiger partial charge in [-0.25, -0.2) is 4.98 Å². The van der Waals surface area contributed by atoms with Gasteiger partial charge < -0.3 is 10.7 Å². The number of carbonyl (C=O) groups excluding carboxylic acids is 1. The molecule has 0 saturated heterocycles. The van der Waals surface area contributed by atoms with Crippen molar-refractivity contribution in [2.75, 3.05) is 5.75 Å². The van der Waals surface area contributed by atoms with E-state index in [9.17, 15) is 9.59 Å². The molecular formula is C11H9N3O2S2. The van der Waals surface area contributed by atoms with Crippen LogP contribution in [0.4, 0.5) is 0 Å². The van der Waals surface area contributed by atoms with Gasteiger partial charge in [0.2, 0.25) is 0 Å². The number of hydrogen-bond acceptors (Lipinski definition) is 5. The number of aromatic amines is 1. The van der Waals surface area contributed by atoms with Crippen molar-refractivity contribution in [3.05, 3.63) is 20.8 Å². The summed E-state index contributed by atoms with van der Waals surface area (Å²) in [7, 11) is 0. The lowest BCUT2D eigenvalue weighted by Crippen LogP contribution is -2.11. The van der Waals surface area contributed by atoms with Crippen LogP contribution in [0.1, 0.15) is 15.2 Å². The number of aryl methyl sites for hydroxylation is 1. The molecule has 18 heavy (non-hydrogen) atoms. The van der Waals surface area contributed by atoms with E-state index in [0.29, 0.717) is 31.6 Å². The summed E-state index contributed by atoms with van der Waals surface area (Å²) in [5, 5.41) is 0.863. The zero-order valence-electron chi connectivity index (χ0n) is 9.44. The molecule has 2 aromatic heterocycles. The first-order valence-corrected chi connectivity index (χ1v) is 6.74. The summed E-state index contributed by atoms with van der Waals surface area (Å²) in [4.78, 5) is 30.9. The van der Waals surface area contributed by atoms with Gasteiger partial charge in [0.25, 0.3) is 11.5 Å². The zero-order chi connectivity index (χ0) is 13.3. The molecule has 7 heteroatoms. The number of nitrogens with zero attached hydrogens (tertiary/aromatic N) is 1. The molecule has 0 radical (unpaired) electrons. The molecule has 0 aliphatic rings. The molecule has 2 heterocycles. The van der Waals surface area contributed by atoms with Crippen molar-refractivity contribution in [1.29, 1.82) is 0 Å². The van der Waals surface area contributed by atoms with Crippen molar-refractivity contribution in [3.63, 3.8) is 0 Å². The van der Waals surface area contributed by atoms with Crippen LogP contribution in [0.5, 0.6) is 0 Å². The molecule has 2 rings (SSSR count). The highest BCUT2D eigenvalue weighted by molar-refractivity contribution is 7.99. The highest BCUT2D eigenvalue weighted by Crippen LogP contribution is 2.27. The Hall–Kier alpha value is -1.78. The van der Waals surface area contributed by atoms with Gasteiger partial charge in [0.1, 0.15) is 4.83 Å². The Morgan fingerprint density at radius 1 is 1.67 bits per heavy atom. The van der Waals surface area contributed by atoms with Crippen LogP contribution in [-0.4, -0.2) is 21.6 Å². The van der Waals surface area contributed by atoms with Crippen LogP contribution < -0.4 is 11.3 Å². The SMILES string of the molecule is C#CCSc1nc2sc(C(N)=O)c(C)c2c(=O)[nH]1. The predicted octanol–water partition coefficient (Wildman–Crippen LogP) is 1.12. The number of hydrogen-bond donors (Lipinski definition) is 2. The van der Waals surface area contributed by atoms with Gasteiger partial charge in [0.15, 0.2) is 5.16 Å². The van der Waals surface area contributed by atoms with E-state index >= 15 is 0 Å². The number of nitrogens with two attached hydrogens (primary N) is 1. The number of rotatable bonds is 3. The Morgan fingerprint density at radius 2 is 2.39 bits per heavy atom. The van der Waals surface area contributed by atoms with Gasteiger partial charge in [-0.2, -0.15) is 0 Å². The summed E-state index contributed by atoms with van der Waals surface area (Å²) in [5.74, 6) is 2.32.